The fraction of sp³-hybridized carbons (Fsp3) is 0.263. The Balaban J connectivity index is 1.41. The molecule has 0 unspecified atom stereocenters. The maximum Gasteiger partial charge on any atom is 0.185 e. The quantitative estimate of drug-likeness (QED) is 0.616. The summed E-state index contributed by atoms with van der Waals surface area (Å²) in [4.78, 5) is 0. The molecule has 1 aromatic carbocycles. The molecule has 0 saturated heterocycles. The summed E-state index contributed by atoms with van der Waals surface area (Å²) in [5, 5.41) is 21.1. The van der Waals surface area contributed by atoms with Gasteiger partial charge in [-0.1, -0.05) is 30.3 Å². The largest absolute Gasteiger partial charge is 0.365 e. The predicted molar refractivity (Wildman–Crippen MR) is 98.9 cm³/mol. The molecule has 0 spiro atoms. The van der Waals surface area contributed by atoms with Crippen LogP contribution in [0.5, 0.6) is 0 Å². The molecule has 130 valence electrons. The average molecular weight is 345 g/mol. The van der Waals surface area contributed by atoms with E-state index in [1.165, 1.54) is 11.3 Å². The maximum absolute atomic E-state index is 4.71. The SMILES string of the molecule is Cc1c([C@@H]2C[C@H]2Nc2ccc3nnc(-c4ccccc4)n3n2)cnn1C. The third-order valence-corrected chi connectivity index (χ3v) is 5.09. The number of aromatic nitrogens is 6. The number of rotatable bonds is 4. The molecule has 0 amide bonds. The van der Waals surface area contributed by atoms with Gasteiger partial charge in [-0.05, 0) is 31.0 Å². The highest BCUT2D eigenvalue weighted by molar-refractivity contribution is 5.59. The van der Waals surface area contributed by atoms with Crippen molar-refractivity contribution < 1.29 is 0 Å². The molecule has 3 aromatic heterocycles. The molecule has 1 fully saturated rings. The van der Waals surface area contributed by atoms with Crippen LogP contribution in [0.3, 0.4) is 0 Å². The van der Waals surface area contributed by atoms with Crippen molar-refractivity contribution in [3.63, 3.8) is 0 Å². The van der Waals surface area contributed by atoms with E-state index in [2.05, 4.69) is 27.5 Å². The monoisotopic (exact) mass is 345 g/mol. The van der Waals surface area contributed by atoms with Crippen molar-refractivity contribution in [2.24, 2.45) is 7.05 Å². The zero-order valence-electron chi connectivity index (χ0n) is 14.7. The Morgan fingerprint density at radius 2 is 1.92 bits per heavy atom. The highest BCUT2D eigenvalue weighted by Gasteiger charge is 2.40. The first-order valence-corrected chi connectivity index (χ1v) is 8.73. The van der Waals surface area contributed by atoms with Crippen LogP contribution in [0.4, 0.5) is 5.82 Å². The highest BCUT2D eigenvalue weighted by atomic mass is 15.4. The van der Waals surface area contributed by atoms with Crippen molar-refractivity contribution in [3.05, 3.63) is 59.9 Å². The summed E-state index contributed by atoms with van der Waals surface area (Å²) in [6, 6.07) is 14.3. The molecule has 0 bridgehead atoms. The Bertz CT molecular complexity index is 1080. The van der Waals surface area contributed by atoms with Crippen molar-refractivity contribution in [1.29, 1.82) is 0 Å². The lowest BCUT2D eigenvalue weighted by Gasteiger charge is -2.06. The maximum atomic E-state index is 4.71. The van der Waals surface area contributed by atoms with E-state index in [-0.39, 0.29) is 0 Å². The van der Waals surface area contributed by atoms with Crippen LogP contribution in [0, 0.1) is 6.92 Å². The van der Waals surface area contributed by atoms with Gasteiger partial charge in [-0.15, -0.1) is 15.3 Å². The van der Waals surface area contributed by atoms with Crippen molar-refractivity contribution in [1.82, 2.24) is 29.6 Å². The number of anilines is 1. The van der Waals surface area contributed by atoms with Crippen LogP contribution in [0.2, 0.25) is 0 Å². The van der Waals surface area contributed by atoms with E-state index in [1.807, 2.05) is 60.4 Å². The Morgan fingerprint density at radius 1 is 1.08 bits per heavy atom. The van der Waals surface area contributed by atoms with Crippen LogP contribution in [0.25, 0.3) is 17.0 Å². The second-order valence-corrected chi connectivity index (χ2v) is 6.78. The van der Waals surface area contributed by atoms with E-state index in [9.17, 15) is 0 Å². The Labute approximate surface area is 150 Å². The van der Waals surface area contributed by atoms with Gasteiger partial charge in [0.15, 0.2) is 11.5 Å². The highest BCUT2D eigenvalue weighted by Crippen LogP contribution is 2.43. The summed E-state index contributed by atoms with van der Waals surface area (Å²) < 4.78 is 3.72. The molecule has 7 nitrogen and oxygen atoms in total. The van der Waals surface area contributed by atoms with Crippen molar-refractivity contribution in [2.45, 2.75) is 25.3 Å². The third-order valence-electron chi connectivity index (χ3n) is 5.09. The summed E-state index contributed by atoms with van der Waals surface area (Å²) >= 11 is 0. The molecule has 4 aromatic rings. The lowest BCUT2D eigenvalue weighted by Crippen LogP contribution is -2.08. The van der Waals surface area contributed by atoms with Gasteiger partial charge < -0.3 is 5.32 Å². The molecule has 5 rings (SSSR count). The van der Waals surface area contributed by atoms with Crippen LogP contribution in [-0.4, -0.2) is 35.6 Å². The second-order valence-electron chi connectivity index (χ2n) is 6.78. The molecule has 1 saturated carbocycles. The standard InChI is InChI=1S/C19H19N7/c1-12-15(11-20-25(12)2)14-10-16(14)21-17-8-9-18-22-23-19(26(18)24-17)13-6-4-3-5-7-13/h3-9,11,14,16H,10H2,1-2H3,(H,21,24)/t14-,16+/m0/s1. The number of nitrogens with one attached hydrogen (secondary N) is 1. The molecule has 1 aliphatic rings. The smallest absolute Gasteiger partial charge is 0.185 e. The number of aryl methyl sites for hydroxylation is 1. The molecule has 3 heterocycles. The van der Waals surface area contributed by atoms with Crippen LogP contribution in [0.15, 0.2) is 48.7 Å². The topological polar surface area (TPSA) is 72.9 Å². The molecular formula is C19H19N7. The van der Waals surface area contributed by atoms with E-state index in [1.54, 1.807) is 4.52 Å². The first kappa shape index (κ1) is 15.1. The molecule has 0 aliphatic heterocycles. The number of benzene rings is 1. The zero-order chi connectivity index (χ0) is 17.7. The van der Waals surface area contributed by atoms with Crippen LogP contribution >= 0.6 is 0 Å². The number of nitrogens with zero attached hydrogens (tertiary/aromatic N) is 6. The summed E-state index contributed by atoms with van der Waals surface area (Å²) in [5.41, 5.74) is 4.29. The number of hydrogen-bond acceptors (Lipinski definition) is 5. The third kappa shape index (κ3) is 2.44. The minimum Gasteiger partial charge on any atom is -0.365 e. The van der Waals surface area contributed by atoms with E-state index in [0.29, 0.717) is 12.0 Å². The molecule has 26 heavy (non-hydrogen) atoms. The Kier molecular flexibility index (Phi) is 3.28. The van der Waals surface area contributed by atoms with Crippen molar-refractivity contribution in [2.75, 3.05) is 5.32 Å². The Morgan fingerprint density at radius 3 is 2.69 bits per heavy atom. The lowest BCUT2D eigenvalue weighted by molar-refractivity contribution is 0.737. The van der Waals surface area contributed by atoms with Crippen LogP contribution in [-0.2, 0) is 7.05 Å². The fourth-order valence-electron chi connectivity index (χ4n) is 3.40. The first-order valence-electron chi connectivity index (χ1n) is 8.73. The van der Waals surface area contributed by atoms with Crippen LogP contribution in [0.1, 0.15) is 23.6 Å². The second kappa shape index (κ2) is 5.66. The first-order chi connectivity index (χ1) is 12.7. The van der Waals surface area contributed by atoms with E-state index < -0.39 is 0 Å². The summed E-state index contributed by atoms with van der Waals surface area (Å²) in [7, 11) is 1.98. The molecular weight excluding hydrogens is 326 g/mol. The van der Waals surface area contributed by atoms with Crippen molar-refractivity contribution >= 4 is 11.5 Å². The van der Waals surface area contributed by atoms with Crippen molar-refractivity contribution in [3.8, 4) is 11.4 Å². The minimum absolute atomic E-state index is 0.388. The fourth-order valence-corrected chi connectivity index (χ4v) is 3.40. The predicted octanol–water partition coefficient (Wildman–Crippen LogP) is 2.80. The van der Waals surface area contributed by atoms with Gasteiger partial charge in [0.2, 0.25) is 0 Å². The van der Waals surface area contributed by atoms with Gasteiger partial charge in [-0.3, -0.25) is 4.68 Å². The van der Waals surface area contributed by atoms with E-state index in [0.717, 1.165) is 29.3 Å². The van der Waals surface area contributed by atoms with Gasteiger partial charge in [0.25, 0.3) is 0 Å². The van der Waals surface area contributed by atoms with E-state index >= 15 is 0 Å². The summed E-state index contributed by atoms with van der Waals surface area (Å²) in [6.45, 7) is 2.12. The molecule has 7 heteroatoms. The molecule has 2 atom stereocenters. The zero-order valence-corrected chi connectivity index (χ0v) is 14.7. The van der Waals surface area contributed by atoms with Gasteiger partial charge in [0, 0.05) is 30.3 Å². The number of fused-ring (bicyclic) bond motifs is 1. The normalized spacial score (nSPS) is 19.0. The Hall–Kier alpha value is -3.22. The average Bonchev–Trinajstić information content (AvgIpc) is 3.15. The summed E-state index contributed by atoms with van der Waals surface area (Å²) in [5.74, 6) is 2.08. The molecule has 1 aliphatic carbocycles. The lowest BCUT2D eigenvalue weighted by atomic mass is 10.1. The summed E-state index contributed by atoms with van der Waals surface area (Å²) in [6.07, 6.45) is 3.07. The number of hydrogen-bond donors (Lipinski definition) is 1. The van der Waals surface area contributed by atoms with Gasteiger partial charge >= 0.3 is 0 Å². The van der Waals surface area contributed by atoms with Gasteiger partial charge in [0.1, 0.15) is 5.82 Å². The van der Waals surface area contributed by atoms with Gasteiger partial charge in [0.05, 0.1) is 6.20 Å². The molecule has 1 N–H and O–H groups in total. The minimum atomic E-state index is 0.388. The molecule has 0 radical (unpaired) electrons. The van der Waals surface area contributed by atoms with Crippen LogP contribution < -0.4 is 5.32 Å². The van der Waals surface area contributed by atoms with Gasteiger partial charge in [-0.2, -0.15) is 9.61 Å². The van der Waals surface area contributed by atoms with E-state index in [4.69, 9.17) is 5.10 Å². The van der Waals surface area contributed by atoms with Gasteiger partial charge in [-0.25, -0.2) is 0 Å².